The molecule has 2 unspecified atom stereocenters. The second-order valence-corrected chi connectivity index (χ2v) is 5.03. The van der Waals surface area contributed by atoms with E-state index in [1.165, 1.54) is 6.07 Å². The molecule has 2 atom stereocenters. The Morgan fingerprint density at radius 1 is 1.59 bits per heavy atom. The molecule has 0 aliphatic carbocycles. The van der Waals surface area contributed by atoms with Gasteiger partial charge in [-0.05, 0) is 24.0 Å². The highest BCUT2D eigenvalue weighted by Crippen LogP contribution is 2.29. The summed E-state index contributed by atoms with van der Waals surface area (Å²) in [6, 6.07) is 6.59. The van der Waals surface area contributed by atoms with Gasteiger partial charge in [0.1, 0.15) is 11.6 Å². The minimum atomic E-state index is -0.529. The van der Waals surface area contributed by atoms with Crippen molar-refractivity contribution < 1.29 is 4.92 Å². The molecule has 90 valence electrons. The average molecular weight is 297 g/mol. The molecule has 1 aromatic rings. The molecule has 0 saturated heterocycles. The second-order valence-electron chi connectivity index (χ2n) is 3.86. The molecule has 0 aliphatic heterocycles. The van der Waals surface area contributed by atoms with Gasteiger partial charge in [0.25, 0.3) is 5.69 Å². The molecule has 0 spiro atoms. The lowest BCUT2D eigenvalue weighted by atomic mass is 9.94. The first kappa shape index (κ1) is 13.7. The number of benzene rings is 1. The van der Waals surface area contributed by atoms with E-state index in [9.17, 15) is 10.1 Å². The van der Waals surface area contributed by atoms with Gasteiger partial charge in [-0.15, -0.1) is 0 Å². The van der Waals surface area contributed by atoms with Gasteiger partial charge in [-0.3, -0.25) is 10.1 Å². The van der Waals surface area contributed by atoms with E-state index in [0.29, 0.717) is 4.83 Å². The van der Waals surface area contributed by atoms with E-state index in [1.54, 1.807) is 12.1 Å². The van der Waals surface area contributed by atoms with Crippen molar-refractivity contribution in [2.45, 2.75) is 31.0 Å². The topological polar surface area (TPSA) is 66.9 Å². The van der Waals surface area contributed by atoms with Gasteiger partial charge in [-0.2, -0.15) is 5.26 Å². The summed E-state index contributed by atoms with van der Waals surface area (Å²) < 4.78 is 0. The number of hydrogen-bond donors (Lipinski definition) is 0. The normalized spacial score (nSPS) is 13.8. The third-order valence-electron chi connectivity index (χ3n) is 2.80. The van der Waals surface area contributed by atoms with Crippen molar-refractivity contribution in [1.29, 1.82) is 5.26 Å². The molecule has 4 nitrogen and oxygen atoms in total. The summed E-state index contributed by atoms with van der Waals surface area (Å²) >= 11 is 3.56. The molecule has 0 fully saturated rings. The SMILES string of the molecule is CCC(Br)C(C)c1ccc([N+](=O)[O-])c(C#N)c1. The van der Waals surface area contributed by atoms with Gasteiger partial charge in [-0.25, -0.2) is 0 Å². The van der Waals surface area contributed by atoms with Crippen LogP contribution in [0.2, 0.25) is 0 Å². The Balaban J connectivity index is 3.15. The fraction of sp³-hybridized carbons (Fsp3) is 0.417. The van der Waals surface area contributed by atoms with Crippen LogP contribution in [0.4, 0.5) is 5.69 Å². The number of halogens is 1. The molecule has 0 radical (unpaired) electrons. The number of nitrogens with zero attached hydrogens (tertiary/aromatic N) is 2. The van der Waals surface area contributed by atoms with Crippen molar-refractivity contribution in [1.82, 2.24) is 0 Å². The Hall–Kier alpha value is -1.41. The van der Waals surface area contributed by atoms with Crippen molar-refractivity contribution in [2.24, 2.45) is 0 Å². The molecule has 0 amide bonds. The van der Waals surface area contributed by atoms with Crippen molar-refractivity contribution in [3.8, 4) is 6.07 Å². The first-order chi connectivity index (χ1) is 8.01. The summed E-state index contributed by atoms with van der Waals surface area (Å²) in [6.07, 6.45) is 0.958. The Morgan fingerprint density at radius 3 is 2.71 bits per heavy atom. The van der Waals surface area contributed by atoms with Gasteiger partial charge in [0, 0.05) is 10.9 Å². The van der Waals surface area contributed by atoms with E-state index in [2.05, 4.69) is 22.9 Å². The number of rotatable bonds is 4. The fourth-order valence-electron chi connectivity index (χ4n) is 1.65. The molecule has 0 bridgehead atoms. The maximum absolute atomic E-state index is 10.7. The summed E-state index contributed by atoms with van der Waals surface area (Å²) in [4.78, 5) is 10.5. The van der Waals surface area contributed by atoms with Crippen LogP contribution in [0.25, 0.3) is 0 Å². The highest BCUT2D eigenvalue weighted by molar-refractivity contribution is 9.09. The third kappa shape index (κ3) is 3.04. The molecule has 0 aromatic heterocycles. The van der Waals surface area contributed by atoms with Gasteiger partial charge in [-0.1, -0.05) is 35.8 Å². The maximum Gasteiger partial charge on any atom is 0.287 e. The molecule has 17 heavy (non-hydrogen) atoms. The largest absolute Gasteiger partial charge is 0.287 e. The van der Waals surface area contributed by atoms with E-state index in [-0.39, 0.29) is 17.2 Å². The molecule has 0 N–H and O–H groups in total. The van der Waals surface area contributed by atoms with Crippen LogP contribution in [0.3, 0.4) is 0 Å². The maximum atomic E-state index is 10.7. The van der Waals surface area contributed by atoms with E-state index in [4.69, 9.17) is 5.26 Å². The van der Waals surface area contributed by atoms with Crippen LogP contribution in [-0.4, -0.2) is 9.75 Å². The molecule has 0 heterocycles. The highest BCUT2D eigenvalue weighted by Gasteiger charge is 2.19. The van der Waals surface area contributed by atoms with Crippen LogP contribution >= 0.6 is 15.9 Å². The lowest BCUT2D eigenvalue weighted by Gasteiger charge is -2.17. The molecule has 0 aliphatic rings. The van der Waals surface area contributed by atoms with Crippen LogP contribution in [-0.2, 0) is 0 Å². The third-order valence-corrected chi connectivity index (χ3v) is 4.24. The highest BCUT2D eigenvalue weighted by atomic mass is 79.9. The first-order valence-corrected chi connectivity index (χ1v) is 6.25. The van der Waals surface area contributed by atoms with Crippen molar-refractivity contribution in [3.05, 3.63) is 39.4 Å². The van der Waals surface area contributed by atoms with Crippen LogP contribution in [0, 0.1) is 21.4 Å². The van der Waals surface area contributed by atoms with Crippen molar-refractivity contribution in [2.75, 3.05) is 0 Å². The fourth-order valence-corrected chi connectivity index (χ4v) is 1.95. The van der Waals surface area contributed by atoms with Crippen molar-refractivity contribution >= 4 is 21.6 Å². The van der Waals surface area contributed by atoms with Crippen LogP contribution < -0.4 is 0 Å². The molecule has 1 rings (SSSR count). The summed E-state index contributed by atoms with van der Waals surface area (Å²) in [5.74, 6) is 0.216. The van der Waals surface area contributed by atoms with E-state index in [0.717, 1.165) is 12.0 Å². The van der Waals surface area contributed by atoms with E-state index < -0.39 is 4.92 Å². The number of hydrogen-bond acceptors (Lipinski definition) is 3. The monoisotopic (exact) mass is 296 g/mol. The molecular weight excluding hydrogens is 284 g/mol. The zero-order valence-electron chi connectivity index (χ0n) is 9.68. The number of alkyl halides is 1. The summed E-state index contributed by atoms with van der Waals surface area (Å²) in [5.41, 5.74) is 0.928. The predicted molar refractivity (Wildman–Crippen MR) is 69.2 cm³/mol. The molecule has 1 aromatic carbocycles. The van der Waals surface area contributed by atoms with E-state index >= 15 is 0 Å². The zero-order valence-corrected chi connectivity index (χ0v) is 11.3. The summed E-state index contributed by atoms with van der Waals surface area (Å²) in [6.45, 7) is 4.09. The van der Waals surface area contributed by atoms with Gasteiger partial charge in [0.05, 0.1) is 4.92 Å². The lowest BCUT2D eigenvalue weighted by Crippen LogP contribution is -2.08. The molecular formula is C12H13BrN2O2. The minimum Gasteiger partial charge on any atom is -0.258 e. The Bertz CT molecular complexity index is 468. The van der Waals surface area contributed by atoms with Gasteiger partial charge in [0.15, 0.2) is 0 Å². The first-order valence-electron chi connectivity index (χ1n) is 5.33. The summed E-state index contributed by atoms with van der Waals surface area (Å²) in [5, 5.41) is 19.6. The minimum absolute atomic E-state index is 0.121. The van der Waals surface area contributed by atoms with Gasteiger partial charge in [0.2, 0.25) is 0 Å². The van der Waals surface area contributed by atoms with Crippen LogP contribution in [0.5, 0.6) is 0 Å². The smallest absolute Gasteiger partial charge is 0.258 e. The molecule has 0 saturated carbocycles. The number of nitro benzene ring substituents is 1. The van der Waals surface area contributed by atoms with Gasteiger partial charge >= 0.3 is 0 Å². The second kappa shape index (κ2) is 5.78. The average Bonchev–Trinajstić information content (AvgIpc) is 2.35. The quantitative estimate of drug-likeness (QED) is 0.483. The zero-order chi connectivity index (χ0) is 13.0. The Labute approximate surface area is 109 Å². The van der Waals surface area contributed by atoms with Crippen LogP contribution in [0.1, 0.15) is 37.3 Å². The summed E-state index contributed by atoms with van der Waals surface area (Å²) in [7, 11) is 0. The van der Waals surface area contributed by atoms with Gasteiger partial charge < -0.3 is 0 Å². The number of nitriles is 1. The number of nitro groups is 1. The Morgan fingerprint density at radius 2 is 2.24 bits per heavy atom. The standard InChI is InChI=1S/C12H13BrN2O2/c1-3-11(13)8(2)9-4-5-12(15(16)17)10(6-9)7-14/h4-6,8,11H,3H2,1-2H3. The molecule has 5 heteroatoms. The van der Waals surface area contributed by atoms with E-state index in [1.807, 2.05) is 13.0 Å². The van der Waals surface area contributed by atoms with Crippen molar-refractivity contribution in [3.63, 3.8) is 0 Å². The van der Waals surface area contributed by atoms with Crippen LogP contribution in [0.15, 0.2) is 18.2 Å². The Kier molecular flexibility index (Phi) is 4.64. The lowest BCUT2D eigenvalue weighted by molar-refractivity contribution is -0.385. The predicted octanol–water partition coefficient (Wildman–Crippen LogP) is 3.74.